The van der Waals surface area contributed by atoms with E-state index >= 15 is 0 Å². The molecular formula is C15H22FNO4S. The maximum atomic E-state index is 13.2. The van der Waals surface area contributed by atoms with Crippen molar-refractivity contribution in [2.24, 2.45) is 0 Å². The molecule has 1 aliphatic carbocycles. The summed E-state index contributed by atoms with van der Waals surface area (Å²) in [6, 6.07) is 5.93. The Balaban J connectivity index is 1.80. The summed E-state index contributed by atoms with van der Waals surface area (Å²) in [5, 5.41) is 0. The Bertz CT molecular complexity index is 575. The first kappa shape index (κ1) is 17.3. The van der Waals surface area contributed by atoms with Crippen molar-refractivity contribution < 1.29 is 22.3 Å². The molecule has 0 bridgehead atoms. The minimum atomic E-state index is -3.43. The van der Waals surface area contributed by atoms with E-state index < -0.39 is 16.1 Å². The second-order valence-corrected chi connectivity index (χ2v) is 7.30. The summed E-state index contributed by atoms with van der Waals surface area (Å²) < 4.78 is 50.2. The minimum Gasteiger partial charge on any atom is -0.377 e. The quantitative estimate of drug-likeness (QED) is 0.752. The average molecular weight is 331 g/mol. The van der Waals surface area contributed by atoms with Crippen LogP contribution in [0.25, 0.3) is 0 Å². The lowest BCUT2D eigenvalue weighted by atomic mass is 9.96. The van der Waals surface area contributed by atoms with Crippen molar-refractivity contribution in [1.82, 2.24) is 4.72 Å². The number of halogens is 1. The molecule has 124 valence electrons. The Morgan fingerprint density at radius 3 is 2.77 bits per heavy atom. The largest absolute Gasteiger partial charge is 0.377 e. The second-order valence-electron chi connectivity index (χ2n) is 5.37. The Morgan fingerprint density at radius 1 is 1.41 bits per heavy atom. The standard InChI is InChI=1S/C15H22FNO4S/c1-20-15(12-4-2-5-13(16)10-12)11-17-22(18,19)9-8-21-14-6-3-7-14/h2,4-5,10,14-15,17H,3,6-9,11H2,1H3. The predicted octanol–water partition coefficient (Wildman–Crippen LogP) is 2.00. The van der Waals surface area contributed by atoms with E-state index in [2.05, 4.69) is 4.72 Å². The fourth-order valence-corrected chi connectivity index (χ4v) is 3.05. The highest BCUT2D eigenvalue weighted by molar-refractivity contribution is 7.89. The molecule has 22 heavy (non-hydrogen) atoms. The summed E-state index contributed by atoms with van der Waals surface area (Å²) in [5.74, 6) is -0.459. The molecule has 1 N–H and O–H groups in total. The van der Waals surface area contributed by atoms with Crippen molar-refractivity contribution in [3.8, 4) is 0 Å². The number of benzene rings is 1. The molecule has 0 spiro atoms. The lowest BCUT2D eigenvalue weighted by Gasteiger charge is -2.25. The van der Waals surface area contributed by atoms with Crippen LogP contribution in [-0.2, 0) is 19.5 Å². The lowest BCUT2D eigenvalue weighted by molar-refractivity contribution is 0.0109. The molecular weight excluding hydrogens is 309 g/mol. The Hall–Kier alpha value is -1.02. The van der Waals surface area contributed by atoms with Gasteiger partial charge in [0.15, 0.2) is 0 Å². The molecule has 0 aromatic heterocycles. The molecule has 1 atom stereocenters. The van der Waals surface area contributed by atoms with Crippen LogP contribution in [0.3, 0.4) is 0 Å². The molecule has 1 saturated carbocycles. The molecule has 1 aromatic rings. The number of ether oxygens (including phenoxy) is 2. The maximum Gasteiger partial charge on any atom is 0.213 e. The fraction of sp³-hybridized carbons (Fsp3) is 0.600. The van der Waals surface area contributed by atoms with Gasteiger partial charge in [-0.3, -0.25) is 0 Å². The molecule has 1 fully saturated rings. The van der Waals surface area contributed by atoms with Crippen molar-refractivity contribution >= 4 is 10.0 Å². The first-order chi connectivity index (χ1) is 10.5. The van der Waals surface area contributed by atoms with Crippen LogP contribution in [0, 0.1) is 5.82 Å². The number of rotatable bonds is 9. The molecule has 0 amide bonds. The van der Waals surface area contributed by atoms with Gasteiger partial charge in [-0.25, -0.2) is 17.5 Å². The SMILES string of the molecule is COC(CNS(=O)(=O)CCOC1CCC1)c1cccc(F)c1. The van der Waals surface area contributed by atoms with Gasteiger partial charge in [0.25, 0.3) is 0 Å². The normalized spacial score (nSPS) is 17.2. The van der Waals surface area contributed by atoms with Gasteiger partial charge in [0, 0.05) is 13.7 Å². The summed E-state index contributed by atoms with van der Waals surface area (Å²) in [6.45, 7) is 0.253. The van der Waals surface area contributed by atoms with Crippen LogP contribution < -0.4 is 4.72 Å². The molecule has 0 aliphatic heterocycles. The summed E-state index contributed by atoms with van der Waals surface area (Å²) in [4.78, 5) is 0. The zero-order valence-corrected chi connectivity index (χ0v) is 13.4. The zero-order chi connectivity index (χ0) is 16.0. The van der Waals surface area contributed by atoms with Crippen LogP contribution in [0.5, 0.6) is 0 Å². The van der Waals surface area contributed by atoms with Gasteiger partial charge in [-0.05, 0) is 37.0 Å². The Kier molecular flexibility index (Phi) is 6.31. The highest BCUT2D eigenvalue weighted by Crippen LogP contribution is 2.21. The van der Waals surface area contributed by atoms with Gasteiger partial charge in [-0.2, -0.15) is 0 Å². The van der Waals surface area contributed by atoms with Gasteiger partial charge in [0.2, 0.25) is 10.0 Å². The summed E-state index contributed by atoms with van der Waals surface area (Å²) in [7, 11) is -1.97. The van der Waals surface area contributed by atoms with Crippen LogP contribution in [0.15, 0.2) is 24.3 Å². The van der Waals surface area contributed by atoms with E-state index in [4.69, 9.17) is 9.47 Å². The van der Waals surface area contributed by atoms with Crippen molar-refractivity contribution in [2.45, 2.75) is 31.5 Å². The van der Waals surface area contributed by atoms with Crippen molar-refractivity contribution in [2.75, 3.05) is 26.0 Å². The predicted molar refractivity (Wildman–Crippen MR) is 81.5 cm³/mol. The number of hydrogen-bond acceptors (Lipinski definition) is 4. The first-order valence-electron chi connectivity index (χ1n) is 7.37. The second kappa shape index (κ2) is 8.01. The molecule has 5 nitrogen and oxygen atoms in total. The molecule has 7 heteroatoms. The van der Waals surface area contributed by atoms with Crippen molar-refractivity contribution in [3.05, 3.63) is 35.6 Å². The number of sulfonamides is 1. The molecule has 1 unspecified atom stereocenters. The van der Waals surface area contributed by atoms with E-state index in [9.17, 15) is 12.8 Å². The van der Waals surface area contributed by atoms with Gasteiger partial charge in [0.05, 0.1) is 24.6 Å². The molecule has 0 radical (unpaired) electrons. The van der Waals surface area contributed by atoms with E-state index in [1.807, 2.05) is 0 Å². The van der Waals surface area contributed by atoms with Gasteiger partial charge < -0.3 is 9.47 Å². The smallest absolute Gasteiger partial charge is 0.213 e. The van der Waals surface area contributed by atoms with Crippen LogP contribution in [-0.4, -0.2) is 40.5 Å². The minimum absolute atomic E-state index is 0.0612. The van der Waals surface area contributed by atoms with E-state index in [-0.39, 0.29) is 30.8 Å². The highest BCUT2D eigenvalue weighted by Gasteiger charge is 2.20. The number of methoxy groups -OCH3 is 1. The average Bonchev–Trinajstić information content (AvgIpc) is 2.42. The lowest BCUT2D eigenvalue weighted by Crippen LogP contribution is -2.33. The van der Waals surface area contributed by atoms with Crippen LogP contribution in [0.4, 0.5) is 4.39 Å². The van der Waals surface area contributed by atoms with Gasteiger partial charge in [-0.15, -0.1) is 0 Å². The van der Waals surface area contributed by atoms with E-state index in [1.165, 1.54) is 19.2 Å². The van der Waals surface area contributed by atoms with Crippen LogP contribution >= 0.6 is 0 Å². The van der Waals surface area contributed by atoms with Gasteiger partial charge in [0.1, 0.15) is 5.82 Å². The summed E-state index contributed by atoms with van der Waals surface area (Å²) in [5.41, 5.74) is 0.593. The molecule has 0 heterocycles. The zero-order valence-electron chi connectivity index (χ0n) is 12.6. The van der Waals surface area contributed by atoms with Gasteiger partial charge >= 0.3 is 0 Å². The Labute approximate surface area is 130 Å². The van der Waals surface area contributed by atoms with Crippen molar-refractivity contribution in [1.29, 1.82) is 0 Å². The monoisotopic (exact) mass is 331 g/mol. The third-order valence-corrected chi connectivity index (χ3v) is 5.06. The highest BCUT2D eigenvalue weighted by atomic mass is 32.2. The Morgan fingerprint density at radius 2 is 2.18 bits per heavy atom. The van der Waals surface area contributed by atoms with E-state index in [0.717, 1.165) is 19.3 Å². The number of nitrogens with one attached hydrogen (secondary N) is 1. The molecule has 0 saturated heterocycles. The van der Waals surface area contributed by atoms with Gasteiger partial charge in [-0.1, -0.05) is 12.1 Å². The third kappa shape index (κ3) is 5.31. The molecule has 1 aliphatic rings. The fourth-order valence-electron chi connectivity index (χ4n) is 2.18. The number of hydrogen-bond donors (Lipinski definition) is 1. The van der Waals surface area contributed by atoms with E-state index in [1.54, 1.807) is 12.1 Å². The molecule has 2 rings (SSSR count). The summed E-state index contributed by atoms with van der Waals surface area (Å²) in [6.07, 6.45) is 2.86. The van der Waals surface area contributed by atoms with Crippen LogP contribution in [0.2, 0.25) is 0 Å². The maximum absolute atomic E-state index is 13.2. The third-order valence-electron chi connectivity index (χ3n) is 3.75. The topological polar surface area (TPSA) is 64.6 Å². The van der Waals surface area contributed by atoms with Crippen LogP contribution in [0.1, 0.15) is 30.9 Å². The first-order valence-corrected chi connectivity index (χ1v) is 9.02. The molecule has 1 aromatic carbocycles. The van der Waals surface area contributed by atoms with E-state index in [0.29, 0.717) is 5.56 Å². The van der Waals surface area contributed by atoms with Crippen molar-refractivity contribution in [3.63, 3.8) is 0 Å². The summed E-state index contributed by atoms with van der Waals surface area (Å²) >= 11 is 0.